The maximum absolute atomic E-state index is 14.2. The lowest BCUT2D eigenvalue weighted by Gasteiger charge is -2.25. The third kappa shape index (κ3) is 8.83. The summed E-state index contributed by atoms with van der Waals surface area (Å²) in [6.07, 6.45) is -5.40. The normalized spacial score (nSPS) is 16.2. The molecular formula is C32H38F3N5O5. The van der Waals surface area contributed by atoms with Gasteiger partial charge in [0.15, 0.2) is 0 Å². The van der Waals surface area contributed by atoms with Gasteiger partial charge in [-0.1, -0.05) is 62.3 Å². The van der Waals surface area contributed by atoms with Crippen LogP contribution in [0.5, 0.6) is 0 Å². The van der Waals surface area contributed by atoms with Crippen molar-refractivity contribution in [2.45, 2.75) is 90.5 Å². The number of amides is 2. The Labute approximate surface area is 259 Å². The molecule has 1 unspecified atom stereocenters. The molecule has 2 heterocycles. The van der Waals surface area contributed by atoms with Gasteiger partial charge < -0.3 is 19.3 Å². The number of nitrogens with one attached hydrogen (secondary N) is 1. The van der Waals surface area contributed by atoms with Gasteiger partial charge in [0.2, 0.25) is 17.7 Å². The molecule has 0 spiro atoms. The first-order chi connectivity index (χ1) is 20.9. The predicted octanol–water partition coefficient (Wildman–Crippen LogP) is 7.53. The van der Waals surface area contributed by atoms with E-state index in [0.717, 1.165) is 17.2 Å². The summed E-state index contributed by atoms with van der Waals surface area (Å²) in [6, 6.07) is 11.2. The second kappa shape index (κ2) is 12.9. The molecule has 1 aromatic heterocycles. The van der Waals surface area contributed by atoms with Crippen molar-refractivity contribution in [3.05, 3.63) is 70.6 Å². The Morgan fingerprint density at radius 1 is 1.07 bits per heavy atom. The van der Waals surface area contributed by atoms with Gasteiger partial charge >= 0.3 is 18.4 Å². The number of rotatable bonds is 5. The van der Waals surface area contributed by atoms with E-state index in [2.05, 4.69) is 41.2 Å². The van der Waals surface area contributed by atoms with Gasteiger partial charge in [-0.25, -0.2) is 9.59 Å². The van der Waals surface area contributed by atoms with Crippen LogP contribution < -0.4 is 5.32 Å². The number of carbonyl (C=O) groups excluding carboxylic acids is 1. The summed E-state index contributed by atoms with van der Waals surface area (Å²) in [7, 11) is 0. The number of likely N-dealkylation sites (tertiary alicyclic amines) is 1. The van der Waals surface area contributed by atoms with E-state index in [0.29, 0.717) is 25.8 Å². The fraction of sp³-hybridized carbons (Fsp3) is 0.469. The quantitative estimate of drug-likeness (QED) is 0.219. The zero-order valence-corrected chi connectivity index (χ0v) is 26.2. The standard InChI is InChI=1S/C32H38F3N5O5/c1-30(2,3)22-15-10-19(11-16-22)9-12-20-13-14-21(18-23(20)32(33,34)35)25-36-26(45-39-25)24-8-7-17-40(24)27(37-28(41)42)38-29(43)44-31(4,5)6/h10-11,13-16,18,24H,7-9,12,17H2,1-6H3,(H,41,42)(H,37,38,43). The van der Waals surface area contributed by atoms with Crippen molar-refractivity contribution in [2.75, 3.05) is 6.54 Å². The summed E-state index contributed by atoms with van der Waals surface area (Å²) in [5, 5.41) is 15.4. The molecule has 1 fully saturated rings. The van der Waals surface area contributed by atoms with Crippen molar-refractivity contribution >= 4 is 18.1 Å². The third-order valence-electron chi connectivity index (χ3n) is 7.24. The van der Waals surface area contributed by atoms with Crippen LogP contribution in [0.2, 0.25) is 0 Å². The smallest absolute Gasteiger partial charge is 0.437 e. The Morgan fingerprint density at radius 2 is 1.76 bits per heavy atom. The van der Waals surface area contributed by atoms with E-state index >= 15 is 0 Å². The highest BCUT2D eigenvalue weighted by atomic mass is 19.4. The van der Waals surface area contributed by atoms with E-state index in [9.17, 15) is 27.9 Å². The molecule has 1 aliphatic heterocycles. The number of hydrogen-bond donors (Lipinski definition) is 2. The Morgan fingerprint density at radius 3 is 2.36 bits per heavy atom. The number of aliphatic imine (C=N–C) groups is 1. The summed E-state index contributed by atoms with van der Waals surface area (Å²) in [4.78, 5) is 33.4. The van der Waals surface area contributed by atoms with Crippen LogP contribution in [0, 0.1) is 0 Å². The van der Waals surface area contributed by atoms with E-state index in [1.807, 2.05) is 24.3 Å². The highest BCUT2D eigenvalue weighted by Crippen LogP contribution is 2.37. The highest BCUT2D eigenvalue weighted by molar-refractivity contribution is 5.98. The Hall–Kier alpha value is -4.42. The number of halogens is 3. The van der Waals surface area contributed by atoms with Crippen LogP contribution in [0.15, 0.2) is 52.0 Å². The van der Waals surface area contributed by atoms with Gasteiger partial charge in [0, 0.05) is 12.1 Å². The number of aryl methyl sites for hydroxylation is 2. The van der Waals surface area contributed by atoms with Gasteiger partial charge in [-0.15, -0.1) is 4.99 Å². The molecule has 0 aliphatic carbocycles. The molecule has 1 atom stereocenters. The summed E-state index contributed by atoms with van der Waals surface area (Å²) in [5.41, 5.74) is 0.702. The number of hydrogen-bond acceptors (Lipinski definition) is 6. The summed E-state index contributed by atoms with van der Waals surface area (Å²) >= 11 is 0. The van der Waals surface area contributed by atoms with Crippen molar-refractivity contribution in [3.8, 4) is 11.4 Å². The molecule has 0 radical (unpaired) electrons. The van der Waals surface area contributed by atoms with E-state index in [1.54, 1.807) is 20.8 Å². The van der Waals surface area contributed by atoms with Crippen LogP contribution in [-0.4, -0.2) is 50.4 Å². The summed E-state index contributed by atoms with van der Waals surface area (Å²) in [5.74, 6) is -0.290. The second-order valence-electron chi connectivity index (χ2n) is 13.0. The number of nitrogens with zero attached hydrogens (tertiary/aromatic N) is 4. The molecule has 1 saturated heterocycles. The molecule has 45 heavy (non-hydrogen) atoms. The van der Waals surface area contributed by atoms with Crippen molar-refractivity contribution in [2.24, 2.45) is 4.99 Å². The topological polar surface area (TPSA) is 130 Å². The highest BCUT2D eigenvalue weighted by Gasteiger charge is 2.36. The van der Waals surface area contributed by atoms with Crippen LogP contribution >= 0.6 is 0 Å². The number of benzene rings is 2. The van der Waals surface area contributed by atoms with Gasteiger partial charge in [0.05, 0.1) is 5.56 Å². The van der Waals surface area contributed by atoms with E-state index in [4.69, 9.17) is 9.26 Å². The molecule has 1 aliphatic rings. The minimum absolute atomic E-state index is 0.0196. The van der Waals surface area contributed by atoms with Gasteiger partial charge in [-0.3, -0.25) is 5.32 Å². The lowest BCUT2D eigenvalue weighted by atomic mass is 9.86. The number of aromatic nitrogens is 2. The molecule has 0 saturated carbocycles. The molecule has 4 rings (SSSR count). The summed E-state index contributed by atoms with van der Waals surface area (Å²) < 4.78 is 53.2. The van der Waals surface area contributed by atoms with E-state index < -0.39 is 35.6 Å². The SMILES string of the molecule is CC(C)(C)OC(=O)N=C(NC(=O)O)N1CCCC1c1nc(-c2ccc(CCc3ccc(C(C)(C)C)cc3)c(C(F)(F)F)c2)no1. The fourth-order valence-corrected chi connectivity index (χ4v) is 5.04. The Kier molecular flexibility index (Phi) is 9.59. The largest absolute Gasteiger partial charge is 0.465 e. The van der Waals surface area contributed by atoms with Crippen molar-refractivity contribution in [1.29, 1.82) is 0 Å². The molecular weight excluding hydrogens is 591 g/mol. The average Bonchev–Trinajstić information content (AvgIpc) is 3.59. The number of guanidine groups is 1. The third-order valence-corrected chi connectivity index (χ3v) is 7.24. The molecule has 2 amide bonds. The molecule has 3 aromatic rings. The number of carboxylic acid groups (broad SMARTS) is 1. The molecule has 10 nitrogen and oxygen atoms in total. The van der Waals surface area contributed by atoms with Gasteiger partial charge in [-0.05, 0) is 74.6 Å². The molecule has 2 N–H and O–H groups in total. The van der Waals surface area contributed by atoms with Crippen LogP contribution in [0.1, 0.15) is 88.6 Å². The van der Waals surface area contributed by atoms with Crippen molar-refractivity contribution in [1.82, 2.24) is 20.4 Å². The minimum atomic E-state index is -4.61. The lowest BCUT2D eigenvalue weighted by Crippen LogP contribution is -2.44. The number of carbonyl (C=O) groups is 2. The van der Waals surface area contributed by atoms with Crippen molar-refractivity contribution < 1.29 is 37.1 Å². The monoisotopic (exact) mass is 629 g/mol. The first-order valence-electron chi connectivity index (χ1n) is 14.6. The predicted molar refractivity (Wildman–Crippen MR) is 161 cm³/mol. The van der Waals surface area contributed by atoms with Gasteiger partial charge in [0.1, 0.15) is 11.6 Å². The lowest BCUT2D eigenvalue weighted by molar-refractivity contribution is -0.138. The molecule has 2 aromatic carbocycles. The Bertz CT molecular complexity index is 1550. The van der Waals surface area contributed by atoms with Crippen LogP contribution in [-0.2, 0) is 29.2 Å². The Balaban J connectivity index is 1.56. The fourth-order valence-electron chi connectivity index (χ4n) is 5.04. The van der Waals surface area contributed by atoms with E-state index in [1.165, 1.54) is 17.0 Å². The maximum Gasteiger partial charge on any atom is 0.437 e. The van der Waals surface area contributed by atoms with Crippen molar-refractivity contribution in [3.63, 3.8) is 0 Å². The van der Waals surface area contributed by atoms with Crippen LogP contribution in [0.4, 0.5) is 22.8 Å². The molecule has 242 valence electrons. The van der Waals surface area contributed by atoms with Crippen LogP contribution in [0.3, 0.4) is 0 Å². The number of ether oxygens (including phenoxy) is 1. The van der Waals surface area contributed by atoms with Gasteiger partial charge in [0.25, 0.3) is 0 Å². The second-order valence-corrected chi connectivity index (χ2v) is 13.0. The van der Waals surface area contributed by atoms with E-state index in [-0.39, 0.29) is 40.6 Å². The van der Waals surface area contributed by atoms with Crippen LogP contribution in [0.25, 0.3) is 11.4 Å². The molecule has 13 heteroatoms. The summed E-state index contributed by atoms with van der Waals surface area (Å²) in [6.45, 7) is 11.5. The zero-order chi connectivity index (χ0) is 33.2. The van der Waals surface area contributed by atoms with Gasteiger partial charge in [-0.2, -0.15) is 18.2 Å². The minimum Gasteiger partial charge on any atom is -0.465 e. The zero-order valence-electron chi connectivity index (χ0n) is 26.2. The maximum atomic E-state index is 14.2. The first kappa shape index (κ1) is 33.5. The first-order valence-corrected chi connectivity index (χ1v) is 14.6. The molecule has 0 bridgehead atoms. The number of alkyl halides is 3. The average molecular weight is 630 g/mol.